The molecule has 0 saturated carbocycles. The van der Waals surface area contributed by atoms with Gasteiger partial charge in [0.1, 0.15) is 4.83 Å². The molecule has 0 bridgehead atoms. The topological polar surface area (TPSA) is 71.3 Å². The molecule has 4 aromatic rings. The molecule has 34 heavy (non-hydrogen) atoms. The van der Waals surface area contributed by atoms with E-state index < -0.39 is 0 Å². The Labute approximate surface area is 209 Å². The monoisotopic (exact) mass is 511 g/mol. The first-order chi connectivity index (χ1) is 16.6. The molecule has 1 aliphatic heterocycles. The van der Waals surface area contributed by atoms with E-state index in [0.29, 0.717) is 18.2 Å². The average molecular weight is 512 g/mol. The molecule has 1 amide bonds. The van der Waals surface area contributed by atoms with Crippen molar-refractivity contribution in [1.82, 2.24) is 19.4 Å². The largest absolute Gasteiger partial charge is 0.345 e. The third kappa shape index (κ3) is 3.91. The maximum Gasteiger partial charge on any atom is 0.262 e. The van der Waals surface area contributed by atoms with E-state index in [-0.39, 0.29) is 17.2 Å². The van der Waals surface area contributed by atoms with Gasteiger partial charge in [-0.1, -0.05) is 35.2 Å². The molecular formula is C24H25N5O2S3. The fourth-order valence-corrected chi connectivity index (χ4v) is 7.95. The van der Waals surface area contributed by atoms with E-state index in [2.05, 4.69) is 11.0 Å². The number of nitrogens with zero attached hydrogens (tertiary/aromatic N) is 5. The summed E-state index contributed by atoms with van der Waals surface area (Å²) in [7, 11) is 1.77. The summed E-state index contributed by atoms with van der Waals surface area (Å²) < 4.78 is 2.81. The number of carbonyl (C=O) groups is 1. The Hall–Kier alpha value is -2.43. The number of hydrogen-bond donors (Lipinski definition) is 0. The minimum atomic E-state index is 0.0174. The van der Waals surface area contributed by atoms with Crippen molar-refractivity contribution in [3.8, 4) is 0 Å². The smallest absolute Gasteiger partial charge is 0.262 e. The van der Waals surface area contributed by atoms with E-state index in [0.717, 1.165) is 53.2 Å². The van der Waals surface area contributed by atoms with Crippen molar-refractivity contribution in [3.05, 3.63) is 45.1 Å². The summed E-state index contributed by atoms with van der Waals surface area (Å²) in [6.07, 6.45) is 4.34. The predicted octanol–water partition coefficient (Wildman–Crippen LogP) is 3.92. The van der Waals surface area contributed by atoms with Gasteiger partial charge < -0.3 is 9.80 Å². The number of thiazole rings is 1. The molecule has 0 radical (unpaired) electrons. The van der Waals surface area contributed by atoms with Crippen molar-refractivity contribution in [2.75, 3.05) is 36.8 Å². The molecule has 0 unspecified atom stereocenters. The molecular weight excluding hydrogens is 486 g/mol. The Balaban J connectivity index is 1.11. The highest BCUT2D eigenvalue weighted by Crippen LogP contribution is 2.34. The van der Waals surface area contributed by atoms with Crippen LogP contribution in [0.4, 0.5) is 5.13 Å². The molecule has 1 aliphatic carbocycles. The van der Waals surface area contributed by atoms with Crippen molar-refractivity contribution in [2.45, 2.75) is 30.8 Å². The molecule has 6 rings (SSSR count). The van der Waals surface area contributed by atoms with Crippen molar-refractivity contribution >= 4 is 65.9 Å². The van der Waals surface area contributed by atoms with E-state index >= 15 is 0 Å². The number of aryl methyl sites for hydroxylation is 2. The Morgan fingerprint density at radius 2 is 1.85 bits per heavy atom. The fraction of sp³-hybridized carbons (Fsp3) is 0.417. The SMILES string of the molecule is Cn1c(SCC(=O)N2CCN(c3nc4ccccc4s3)CC2)nc2sc3c(c2c1=O)CCCC3. The number of amides is 1. The quantitative estimate of drug-likeness (QED) is 0.306. The lowest BCUT2D eigenvalue weighted by Crippen LogP contribution is -2.49. The first kappa shape index (κ1) is 22.1. The molecule has 1 saturated heterocycles. The zero-order valence-corrected chi connectivity index (χ0v) is 21.4. The van der Waals surface area contributed by atoms with Gasteiger partial charge in [-0.3, -0.25) is 14.2 Å². The maximum atomic E-state index is 13.1. The Kier molecular flexibility index (Phi) is 5.82. The summed E-state index contributed by atoms with van der Waals surface area (Å²) >= 11 is 4.72. The highest BCUT2D eigenvalue weighted by molar-refractivity contribution is 7.99. The van der Waals surface area contributed by atoms with E-state index in [9.17, 15) is 9.59 Å². The summed E-state index contributed by atoms with van der Waals surface area (Å²) in [4.78, 5) is 41.9. The molecule has 1 aromatic carbocycles. The number of benzene rings is 1. The number of thiophene rings is 1. The highest BCUT2D eigenvalue weighted by Gasteiger charge is 2.25. The van der Waals surface area contributed by atoms with E-state index in [1.807, 2.05) is 23.1 Å². The van der Waals surface area contributed by atoms with Crippen LogP contribution in [-0.2, 0) is 24.7 Å². The second kappa shape index (κ2) is 8.98. The van der Waals surface area contributed by atoms with Crippen LogP contribution in [0.1, 0.15) is 23.3 Å². The second-order valence-electron chi connectivity index (χ2n) is 8.77. The highest BCUT2D eigenvalue weighted by atomic mass is 32.2. The molecule has 4 heterocycles. The third-order valence-electron chi connectivity index (χ3n) is 6.67. The molecule has 0 spiro atoms. The first-order valence-corrected chi connectivity index (χ1v) is 14.2. The number of fused-ring (bicyclic) bond motifs is 4. The second-order valence-corrected chi connectivity index (χ2v) is 11.8. The molecule has 0 N–H and O–H groups in total. The predicted molar refractivity (Wildman–Crippen MR) is 141 cm³/mol. The number of carbonyl (C=O) groups excluding carboxylic acids is 1. The van der Waals surface area contributed by atoms with Gasteiger partial charge in [0.15, 0.2) is 10.3 Å². The van der Waals surface area contributed by atoms with Crippen LogP contribution >= 0.6 is 34.4 Å². The summed E-state index contributed by atoms with van der Waals surface area (Å²) in [5.74, 6) is 0.381. The van der Waals surface area contributed by atoms with E-state index in [1.165, 1.54) is 33.3 Å². The van der Waals surface area contributed by atoms with Crippen LogP contribution in [0.5, 0.6) is 0 Å². The molecule has 10 heteroatoms. The van der Waals surface area contributed by atoms with Gasteiger partial charge in [-0.2, -0.15) is 0 Å². The molecule has 1 fully saturated rings. The van der Waals surface area contributed by atoms with Gasteiger partial charge in [-0.15, -0.1) is 11.3 Å². The summed E-state index contributed by atoms with van der Waals surface area (Å²) in [6.45, 7) is 2.91. The van der Waals surface area contributed by atoms with Crippen LogP contribution in [0.3, 0.4) is 0 Å². The zero-order valence-electron chi connectivity index (χ0n) is 19.0. The number of piperazine rings is 1. The van der Waals surface area contributed by atoms with Crippen molar-refractivity contribution < 1.29 is 4.79 Å². The Morgan fingerprint density at radius 1 is 1.06 bits per heavy atom. The first-order valence-electron chi connectivity index (χ1n) is 11.6. The van der Waals surface area contributed by atoms with Crippen LogP contribution in [0.15, 0.2) is 34.2 Å². The number of para-hydroxylation sites is 1. The van der Waals surface area contributed by atoms with Gasteiger partial charge in [0.2, 0.25) is 5.91 Å². The minimum Gasteiger partial charge on any atom is -0.345 e. The number of hydrogen-bond acceptors (Lipinski definition) is 8. The lowest BCUT2D eigenvalue weighted by molar-refractivity contribution is -0.128. The Morgan fingerprint density at radius 3 is 2.68 bits per heavy atom. The molecule has 7 nitrogen and oxygen atoms in total. The molecule has 0 atom stereocenters. The van der Waals surface area contributed by atoms with Gasteiger partial charge in [0.25, 0.3) is 5.56 Å². The van der Waals surface area contributed by atoms with Crippen molar-refractivity contribution in [2.24, 2.45) is 7.05 Å². The normalized spacial score (nSPS) is 16.4. The van der Waals surface area contributed by atoms with E-state index in [4.69, 9.17) is 9.97 Å². The van der Waals surface area contributed by atoms with Gasteiger partial charge in [0.05, 0.1) is 21.4 Å². The standard InChI is InChI=1S/C24H25N5O2S3/c1-27-22(31)20-15-6-2-4-8-17(15)33-21(20)26-23(27)32-14-19(30)28-10-12-29(13-11-28)24-25-16-7-3-5-9-18(16)34-24/h3,5,7,9H,2,4,6,8,10-14H2,1H3. The van der Waals surface area contributed by atoms with Crippen molar-refractivity contribution in [3.63, 3.8) is 0 Å². The molecule has 2 aliphatic rings. The number of thioether (sulfide) groups is 1. The van der Waals surface area contributed by atoms with Gasteiger partial charge in [-0.25, -0.2) is 9.97 Å². The minimum absolute atomic E-state index is 0.0174. The maximum absolute atomic E-state index is 13.1. The van der Waals surface area contributed by atoms with Crippen LogP contribution in [0.2, 0.25) is 0 Å². The summed E-state index contributed by atoms with van der Waals surface area (Å²) in [5.41, 5.74) is 2.25. The van der Waals surface area contributed by atoms with E-state index in [1.54, 1.807) is 34.3 Å². The lowest BCUT2D eigenvalue weighted by Gasteiger charge is -2.34. The Bertz CT molecular complexity index is 1420. The average Bonchev–Trinajstić information content (AvgIpc) is 3.46. The number of rotatable bonds is 4. The molecule has 176 valence electrons. The zero-order chi connectivity index (χ0) is 23.2. The summed E-state index contributed by atoms with van der Waals surface area (Å²) in [5, 5.41) is 2.44. The van der Waals surface area contributed by atoms with Crippen LogP contribution in [0.25, 0.3) is 20.4 Å². The number of anilines is 1. The van der Waals surface area contributed by atoms with Gasteiger partial charge >= 0.3 is 0 Å². The fourth-order valence-electron chi connectivity index (χ4n) is 4.76. The van der Waals surface area contributed by atoms with Crippen LogP contribution in [-0.4, -0.2) is 57.3 Å². The van der Waals surface area contributed by atoms with Crippen molar-refractivity contribution in [1.29, 1.82) is 0 Å². The molecule has 3 aromatic heterocycles. The van der Waals surface area contributed by atoms with Gasteiger partial charge in [0, 0.05) is 38.1 Å². The lowest BCUT2D eigenvalue weighted by atomic mass is 9.97. The van der Waals surface area contributed by atoms with Crippen LogP contribution in [0, 0.1) is 0 Å². The number of aromatic nitrogens is 3. The van der Waals surface area contributed by atoms with Crippen LogP contribution < -0.4 is 10.5 Å². The third-order valence-corrected chi connectivity index (χ3v) is 9.96. The van der Waals surface area contributed by atoms with Gasteiger partial charge in [-0.05, 0) is 43.4 Å². The summed E-state index contributed by atoms with van der Waals surface area (Å²) in [6, 6.07) is 8.18.